The van der Waals surface area contributed by atoms with Crippen molar-refractivity contribution in [2.45, 2.75) is 19.0 Å². The molecule has 2 heterocycles. The van der Waals surface area contributed by atoms with E-state index in [9.17, 15) is 10.1 Å². The van der Waals surface area contributed by atoms with Gasteiger partial charge in [0, 0.05) is 29.1 Å². The van der Waals surface area contributed by atoms with Crippen molar-refractivity contribution < 1.29 is 14.1 Å². The van der Waals surface area contributed by atoms with Crippen molar-refractivity contribution in [3.8, 4) is 17.1 Å². The molecule has 0 saturated carbocycles. The van der Waals surface area contributed by atoms with Crippen molar-refractivity contribution in [3.05, 3.63) is 81.1 Å². The third-order valence-corrected chi connectivity index (χ3v) is 4.80. The number of hydrogen-bond donors (Lipinski definition) is 1. The highest BCUT2D eigenvalue weighted by Gasteiger charge is 2.22. The lowest BCUT2D eigenvalue weighted by atomic mass is 10.0. The summed E-state index contributed by atoms with van der Waals surface area (Å²) in [6, 6.07) is 16.3. The molecule has 1 N–H and O–H groups in total. The van der Waals surface area contributed by atoms with Crippen LogP contribution in [0.25, 0.3) is 11.3 Å². The summed E-state index contributed by atoms with van der Waals surface area (Å²) in [4.78, 5) is 10.8. The van der Waals surface area contributed by atoms with Crippen molar-refractivity contribution in [2.24, 2.45) is 0 Å². The van der Waals surface area contributed by atoms with E-state index < -0.39 is 4.92 Å². The molecule has 0 aliphatic carbocycles. The number of rotatable bonds is 5. The molecule has 0 fully saturated rings. The SMILES string of the molecule is O=[N+]([O-])c1cc(Cl)ccc1-c1ccc(CNC2CCOc3ccccc32)o1. The Morgan fingerprint density at radius 3 is 2.89 bits per heavy atom. The van der Waals surface area contributed by atoms with Gasteiger partial charge in [-0.25, -0.2) is 0 Å². The summed E-state index contributed by atoms with van der Waals surface area (Å²) in [5.74, 6) is 2.05. The van der Waals surface area contributed by atoms with Gasteiger partial charge in [-0.05, 0) is 30.3 Å². The molecule has 1 unspecified atom stereocenters. The maximum absolute atomic E-state index is 11.3. The van der Waals surface area contributed by atoms with Crippen molar-refractivity contribution in [1.82, 2.24) is 5.32 Å². The first kappa shape index (κ1) is 17.6. The fourth-order valence-electron chi connectivity index (χ4n) is 3.26. The Hall–Kier alpha value is -2.83. The van der Waals surface area contributed by atoms with Crippen LogP contribution in [0.15, 0.2) is 59.0 Å². The number of para-hydroxylation sites is 1. The lowest BCUT2D eigenvalue weighted by Crippen LogP contribution is -2.26. The summed E-state index contributed by atoms with van der Waals surface area (Å²) in [5, 5.41) is 15.1. The number of benzene rings is 2. The van der Waals surface area contributed by atoms with Gasteiger partial charge in [0.2, 0.25) is 0 Å². The number of hydrogen-bond acceptors (Lipinski definition) is 5. The molecule has 0 radical (unpaired) electrons. The second kappa shape index (κ2) is 7.42. The number of fused-ring (bicyclic) bond motifs is 1. The van der Waals surface area contributed by atoms with E-state index >= 15 is 0 Å². The van der Waals surface area contributed by atoms with E-state index in [2.05, 4.69) is 11.4 Å². The maximum atomic E-state index is 11.3. The fraction of sp³-hybridized carbons (Fsp3) is 0.200. The van der Waals surface area contributed by atoms with Crippen LogP contribution in [0, 0.1) is 10.1 Å². The lowest BCUT2D eigenvalue weighted by molar-refractivity contribution is -0.384. The molecule has 1 atom stereocenters. The molecule has 0 spiro atoms. The minimum atomic E-state index is -0.458. The molecule has 27 heavy (non-hydrogen) atoms. The largest absolute Gasteiger partial charge is 0.493 e. The molecule has 1 aliphatic heterocycles. The van der Waals surface area contributed by atoms with Crippen molar-refractivity contribution >= 4 is 17.3 Å². The third-order valence-electron chi connectivity index (χ3n) is 4.56. The predicted molar refractivity (Wildman–Crippen MR) is 102 cm³/mol. The standard InChI is InChI=1S/C20H17ClN2O4/c21-13-5-7-16(18(11-13)23(24)25)20-8-6-14(27-20)12-22-17-9-10-26-19-4-2-1-3-15(17)19/h1-8,11,17,22H,9-10,12H2. The molecular formula is C20H17ClN2O4. The van der Waals surface area contributed by atoms with Crippen LogP contribution in [0.5, 0.6) is 5.75 Å². The average Bonchev–Trinajstić information content (AvgIpc) is 3.15. The number of nitrogens with one attached hydrogen (secondary N) is 1. The molecule has 3 aromatic rings. The highest BCUT2D eigenvalue weighted by Crippen LogP contribution is 2.34. The Morgan fingerprint density at radius 1 is 1.19 bits per heavy atom. The highest BCUT2D eigenvalue weighted by atomic mass is 35.5. The summed E-state index contributed by atoms with van der Waals surface area (Å²) in [6.07, 6.45) is 0.868. The number of furan rings is 1. The van der Waals surface area contributed by atoms with E-state index in [4.69, 9.17) is 20.8 Å². The van der Waals surface area contributed by atoms with Gasteiger partial charge < -0.3 is 14.5 Å². The fourth-order valence-corrected chi connectivity index (χ4v) is 3.43. The van der Waals surface area contributed by atoms with Gasteiger partial charge in [0.1, 0.15) is 17.3 Å². The normalized spacial score (nSPS) is 15.8. The smallest absolute Gasteiger partial charge is 0.281 e. The molecule has 2 aromatic carbocycles. The van der Waals surface area contributed by atoms with Crippen LogP contribution in [0.1, 0.15) is 23.8 Å². The highest BCUT2D eigenvalue weighted by molar-refractivity contribution is 6.30. The Labute approximate surface area is 160 Å². The zero-order valence-electron chi connectivity index (χ0n) is 14.4. The van der Waals surface area contributed by atoms with Crippen LogP contribution in [0.3, 0.4) is 0 Å². The first-order valence-corrected chi connectivity index (χ1v) is 8.98. The van der Waals surface area contributed by atoms with Gasteiger partial charge in [0.05, 0.1) is 23.6 Å². The Bertz CT molecular complexity index is 986. The Morgan fingerprint density at radius 2 is 2.04 bits per heavy atom. The number of nitrogens with zero attached hydrogens (tertiary/aromatic N) is 1. The molecule has 0 bridgehead atoms. The monoisotopic (exact) mass is 384 g/mol. The molecule has 4 rings (SSSR count). The van der Waals surface area contributed by atoms with Crippen LogP contribution in [-0.4, -0.2) is 11.5 Å². The van der Waals surface area contributed by atoms with Gasteiger partial charge in [-0.1, -0.05) is 29.8 Å². The Balaban J connectivity index is 1.51. The number of nitro groups is 1. The van der Waals surface area contributed by atoms with E-state index in [1.807, 2.05) is 24.3 Å². The van der Waals surface area contributed by atoms with Crippen LogP contribution in [0.2, 0.25) is 5.02 Å². The van der Waals surface area contributed by atoms with Crippen LogP contribution >= 0.6 is 11.6 Å². The molecule has 0 saturated heterocycles. The van der Waals surface area contributed by atoms with E-state index in [1.165, 1.54) is 6.07 Å². The molecule has 0 amide bonds. The zero-order chi connectivity index (χ0) is 18.8. The van der Waals surface area contributed by atoms with E-state index in [0.29, 0.717) is 35.3 Å². The molecular weight excluding hydrogens is 368 g/mol. The van der Waals surface area contributed by atoms with Gasteiger partial charge in [0.15, 0.2) is 0 Å². The van der Waals surface area contributed by atoms with E-state index in [-0.39, 0.29) is 11.7 Å². The molecule has 1 aliphatic rings. The van der Waals surface area contributed by atoms with Gasteiger partial charge in [0.25, 0.3) is 5.69 Å². The molecule has 1 aromatic heterocycles. The summed E-state index contributed by atoms with van der Waals surface area (Å²) in [6.45, 7) is 1.18. The second-order valence-corrected chi connectivity index (χ2v) is 6.73. The maximum Gasteiger partial charge on any atom is 0.281 e. The van der Waals surface area contributed by atoms with Crippen LogP contribution in [0.4, 0.5) is 5.69 Å². The van der Waals surface area contributed by atoms with Gasteiger partial charge in [-0.3, -0.25) is 10.1 Å². The van der Waals surface area contributed by atoms with Crippen LogP contribution in [-0.2, 0) is 6.54 Å². The molecule has 138 valence electrons. The summed E-state index contributed by atoms with van der Waals surface area (Å²) in [5.41, 5.74) is 1.46. The number of ether oxygens (including phenoxy) is 1. The first-order chi connectivity index (χ1) is 13.1. The Kier molecular flexibility index (Phi) is 4.83. The van der Waals surface area contributed by atoms with Gasteiger partial charge >= 0.3 is 0 Å². The minimum Gasteiger partial charge on any atom is -0.493 e. The number of halogens is 1. The first-order valence-electron chi connectivity index (χ1n) is 8.60. The predicted octanol–water partition coefficient (Wildman–Crippen LogP) is 5.12. The van der Waals surface area contributed by atoms with Gasteiger partial charge in [-0.15, -0.1) is 0 Å². The number of nitro benzene ring substituents is 1. The average molecular weight is 385 g/mol. The lowest BCUT2D eigenvalue weighted by Gasteiger charge is -2.26. The zero-order valence-corrected chi connectivity index (χ0v) is 15.1. The van der Waals surface area contributed by atoms with E-state index in [0.717, 1.165) is 17.7 Å². The van der Waals surface area contributed by atoms with Crippen molar-refractivity contribution in [2.75, 3.05) is 6.61 Å². The quantitative estimate of drug-likeness (QED) is 0.488. The minimum absolute atomic E-state index is 0.0743. The van der Waals surface area contributed by atoms with Gasteiger partial charge in [-0.2, -0.15) is 0 Å². The summed E-state index contributed by atoms with van der Waals surface area (Å²) in [7, 11) is 0. The second-order valence-electron chi connectivity index (χ2n) is 6.29. The topological polar surface area (TPSA) is 77.5 Å². The molecule has 7 heteroatoms. The summed E-state index contributed by atoms with van der Waals surface area (Å²) < 4.78 is 11.5. The van der Waals surface area contributed by atoms with E-state index in [1.54, 1.807) is 18.2 Å². The van der Waals surface area contributed by atoms with Crippen molar-refractivity contribution in [1.29, 1.82) is 0 Å². The third kappa shape index (κ3) is 3.67. The summed E-state index contributed by atoms with van der Waals surface area (Å²) >= 11 is 5.88. The van der Waals surface area contributed by atoms with Crippen LogP contribution < -0.4 is 10.1 Å². The molecule has 6 nitrogen and oxygen atoms in total. The van der Waals surface area contributed by atoms with Crippen molar-refractivity contribution in [3.63, 3.8) is 0 Å².